The smallest absolute Gasteiger partial charge is 0.138 e. The molecule has 4 unspecified atom stereocenters. The van der Waals surface area contributed by atoms with Gasteiger partial charge in [0.05, 0.1) is 0 Å². The molecule has 1 aliphatic heterocycles. The molecule has 1 heterocycles. The van der Waals surface area contributed by atoms with Gasteiger partial charge in [0.25, 0.3) is 0 Å². The van der Waals surface area contributed by atoms with Gasteiger partial charge in [-0.25, -0.2) is 0 Å². The molecule has 1 saturated heterocycles. The monoisotopic (exact) mass is 260 g/mol. The van der Waals surface area contributed by atoms with Crippen LogP contribution in [0.15, 0.2) is 0 Å². The summed E-state index contributed by atoms with van der Waals surface area (Å²) >= 11 is 0. The zero-order valence-electron chi connectivity index (χ0n) is 9.98. The summed E-state index contributed by atoms with van der Waals surface area (Å²) in [6.45, 7) is 1.59. The SMILES string of the molecule is N=CC(O)C(O)N1CCN(C(O)C(O)C=N)CC1. The summed E-state index contributed by atoms with van der Waals surface area (Å²) in [5.41, 5.74) is 0. The van der Waals surface area contributed by atoms with E-state index in [2.05, 4.69) is 0 Å². The third-order valence-electron chi connectivity index (χ3n) is 3.05. The highest BCUT2D eigenvalue weighted by Gasteiger charge is 2.30. The van der Waals surface area contributed by atoms with Gasteiger partial charge in [-0.15, -0.1) is 0 Å². The predicted molar refractivity (Wildman–Crippen MR) is 64.7 cm³/mol. The van der Waals surface area contributed by atoms with E-state index in [9.17, 15) is 20.4 Å². The standard InChI is InChI=1S/C10H20N4O4/c11-5-7(15)9(17)13-1-2-14(4-3-13)10(18)8(16)6-12/h5-12,15-18H,1-4H2. The molecular formula is C10H20N4O4. The molecule has 0 spiro atoms. The molecule has 0 aromatic rings. The second kappa shape index (κ2) is 6.88. The van der Waals surface area contributed by atoms with Crippen LogP contribution in [0.1, 0.15) is 0 Å². The summed E-state index contributed by atoms with van der Waals surface area (Å²) in [6, 6.07) is 0. The highest BCUT2D eigenvalue weighted by atomic mass is 16.3. The number of hydrogen-bond acceptors (Lipinski definition) is 8. The maximum absolute atomic E-state index is 9.68. The lowest BCUT2D eigenvalue weighted by Gasteiger charge is -2.40. The fourth-order valence-corrected chi connectivity index (χ4v) is 1.87. The molecule has 0 aromatic heterocycles. The minimum absolute atomic E-state index is 0.397. The van der Waals surface area contributed by atoms with E-state index in [-0.39, 0.29) is 0 Å². The first-order valence-corrected chi connectivity index (χ1v) is 5.72. The van der Waals surface area contributed by atoms with Crippen molar-refractivity contribution in [3.05, 3.63) is 0 Å². The van der Waals surface area contributed by atoms with Crippen molar-refractivity contribution in [3.63, 3.8) is 0 Å². The molecule has 104 valence electrons. The van der Waals surface area contributed by atoms with E-state index in [1.54, 1.807) is 9.80 Å². The van der Waals surface area contributed by atoms with Crippen LogP contribution in [0, 0.1) is 10.8 Å². The number of piperazine rings is 1. The quantitative estimate of drug-likeness (QED) is 0.287. The largest absolute Gasteiger partial charge is 0.383 e. The summed E-state index contributed by atoms with van der Waals surface area (Å²) in [6.07, 6.45) is -3.18. The predicted octanol–water partition coefficient (Wildman–Crippen LogP) is -2.74. The van der Waals surface area contributed by atoms with Gasteiger partial charge >= 0.3 is 0 Å². The summed E-state index contributed by atoms with van der Waals surface area (Å²) in [4.78, 5) is 3.19. The number of rotatable bonds is 6. The molecule has 0 aliphatic carbocycles. The van der Waals surface area contributed by atoms with Crippen molar-refractivity contribution < 1.29 is 20.4 Å². The van der Waals surface area contributed by atoms with Gasteiger partial charge in [-0.3, -0.25) is 9.80 Å². The fraction of sp³-hybridized carbons (Fsp3) is 0.800. The normalized spacial score (nSPS) is 25.1. The molecule has 1 aliphatic rings. The van der Waals surface area contributed by atoms with Gasteiger partial charge in [0.2, 0.25) is 0 Å². The Morgan fingerprint density at radius 2 is 1.00 bits per heavy atom. The van der Waals surface area contributed by atoms with Crippen LogP contribution in [0.3, 0.4) is 0 Å². The summed E-state index contributed by atoms with van der Waals surface area (Å²) in [7, 11) is 0. The molecule has 0 bridgehead atoms. The van der Waals surface area contributed by atoms with E-state index in [0.717, 1.165) is 12.4 Å². The lowest BCUT2D eigenvalue weighted by atomic mass is 10.2. The van der Waals surface area contributed by atoms with E-state index in [1.807, 2.05) is 0 Å². The van der Waals surface area contributed by atoms with E-state index in [0.29, 0.717) is 26.2 Å². The molecule has 8 nitrogen and oxygen atoms in total. The van der Waals surface area contributed by atoms with E-state index < -0.39 is 24.7 Å². The van der Waals surface area contributed by atoms with Gasteiger partial charge < -0.3 is 31.2 Å². The lowest BCUT2D eigenvalue weighted by molar-refractivity contribution is -0.111. The Hall–Kier alpha value is -0.900. The van der Waals surface area contributed by atoms with Crippen molar-refractivity contribution in [2.75, 3.05) is 26.2 Å². The molecule has 0 saturated carbocycles. The van der Waals surface area contributed by atoms with Gasteiger partial charge in [0.15, 0.2) is 0 Å². The highest BCUT2D eigenvalue weighted by Crippen LogP contribution is 2.10. The van der Waals surface area contributed by atoms with Crippen LogP contribution in [0.2, 0.25) is 0 Å². The fourth-order valence-electron chi connectivity index (χ4n) is 1.87. The molecule has 0 amide bonds. The molecule has 0 aromatic carbocycles. The average Bonchev–Trinajstić information content (AvgIpc) is 2.44. The number of nitrogens with one attached hydrogen (secondary N) is 2. The highest BCUT2D eigenvalue weighted by molar-refractivity contribution is 5.59. The molecule has 8 heteroatoms. The van der Waals surface area contributed by atoms with Crippen LogP contribution in [-0.2, 0) is 0 Å². The number of nitrogens with zero attached hydrogens (tertiary/aromatic N) is 2. The van der Waals surface area contributed by atoms with Crippen molar-refractivity contribution in [2.24, 2.45) is 0 Å². The average molecular weight is 260 g/mol. The van der Waals surface area contributed by atoms with Crippen LogP contribution >= 0.6 is 0 Å². The van der Waals surface area contributed by atoms with Crippen molar-refractivity contribution in [2.45, 2.75) is 24.7 Å². The van der Waals surface area contributed by atoms with E-state index >= 15 is 0 Å². The zero-order chi connectivity index (χ0) is 13.7. The minimum atomic E-state index is -1.23. The third-order valence-corrected chi connectivity index (χ3v) is 3.05. The van der Waals surface area contributed by atoms with Gasteiger partial charge in [-0.2, -0.15) is 0 Å². The Morgan fingerprint density at radius 1 is 0.722 bits per heavy atom. The van der Waals surface area contributed by atoms with Crippen LogP contribution < -0.4 is 0 Å². The maximum Gasteiger partial charge on any atom is 0.138 e. The van der Waals surface area contributed by atoms with Gasteiger partial charge in [0, 0.05) is 38.6 Å². The van der Waals surface area contributed by atoms with Crippen LogP contribution in [0.25, 0.3) is 0 Å². The summed E-state index contributed by atoms with van der Waals surface area (Å²) in [5, 5.41) is 51.7. The third kappa shape index (κ3) is 3.55. The Labute approximate surface area is 105 Å². The molecule has 1 fully saturated rings. The molecule has 1 rings (SSSR count). The minimum Gasteiger partial charge on any atom is -0.383 e. The molecule has 6 N–H and O–H groups in total. The molecular weight excluding hydrogens is 240 g/mol. The van der Waals surface area contributed by atoms with Crippen LogP contribution in [-0.4, -0.2) is 93.5 Å². The first kappa shape index (κ1) is 15.2. The topological polar surface area (TPSA) is 135 Å². The Bertz CT molecular complexity index is 255. The van der Waals surface area contributed by atoms with Crippen molar-refractivity contribution in [1.29, 1.82) is 10.8 Å². The van der Waals surface area contributed by atoms with E-state index in [1.165, 1.54) is 0 Å². The lowest BCUT2D eigenvalue weighted by Crippen LogP contribution is -2.57. The Morgan fingerprint density at radius 3 is 1.22 bits per heavy atom. The van der Waals surface area contributed by atoms with Gasteiger partial charge in [0.1, 0.15) is 24.7 Å². The van der Waals surface area contributed by atoms with Gasteiger partial charge in [-0.1, -0.05) is 0 Å². The van der Waals surface area contributed by atoms with E-state index in [4.69, 9.17) is 10.8 Å². The Balaban J connectivity index is 2.45. The molecule has 4 atom stereocenters. The van der Waals surface area contributed by atoms with Gasteiger partial charge in [-0.05, 0) is 0 Å². The second-order valence-electron chi connectivity index (χ2n) is 4.21. The first-order chi connectivity index (χ1) is 8.51. The Kier molecular flexibility index (Phi) is 5.79. The molecule has 0 radical (unpaired) electrons. The number of aliphatic hydroxyl groups is 4. The van der Waals surface area contributed by atoms with Crippen molar-refractivity contribution in [1.82, 2.24) is 9.80 Å². The summed E-state index contributed by atoms with van der Waals surface area (Å²) < 4.78 is 0. The summed E-state index contributed by atoms with van der Waals surface area (Å²) in [5.74, 6) is 0. The number of hydrogen-bond donors (Lipinski definition) is 6. The molecule has 18 heavy (non-hydrogen) atoms. The first-order valence-electron chi connectivity index (χ1n) is 5.72. The van der Waals surface area contributed by atoms with Crippen molar-refractivity contribution >= 4 is 12.4 Å². The number of aliphatic hydroxyl groups excluding tert-OH is 4. The van der Waals surface area contributed by atoms with Crippen LogP contribution in [0.5, 0.6) is 0 Å². The second-order valence-corrected chi connectivity index (χ2v) is 4.21. The van der Waals surface area contributed by atoms with Crippen LogP contribution in [0.4, 0.5) is 0 Å². The van der Waals surface area contributed by atoms with Crippen molar-refractivity contribution in [3.8, 4) is 0 Å². The zero-order valence-corrected chi connectivity index (χ0v) is 9.98. The maximum atomic E-state index is 9.68.